The summed E-state index contributed by atoms with van der Waals surface area (Å²) in [5, 5.41) is 52.9. The third-order valence-electron chi connectivity index (χ3n) is 10.1. The second kappa shape index (κ2) is 24.8. The van der Waals surface area contributed by atoms with Crippen LogP contribution in [-0.4, -0.2) is 79.5 Å². The summed E-state index contributed by atoms with van der Waals surface area (Å²) in [5.74, 6) is -6.68. The number of carbonyl (C=O) groups excluding carboxylic acids is 1. The molecule has 1 aliphatic carbocycles. The third-order valence-corrected chi connectivity index (χ3v) is 10.1. The molecule has 0 amide bonds. The van der Waals surface area contributed by atoms with Crippen LogP contribution in [0.15, 0.2) is 158 Å². The van der Waals surface area contributed by atoms with E-state index in [0.29, 0.717) is 41.5 Å². The quantitative estimate of drug-likeness (QED) is 0.0593. The van der Waals surface area contributed by atoms with E-state index in [1.807, 2.05) is 121 Å². The van der Waals surface area contributed by atoms with Crippen molar-refractivity contribution in [1.29, 1.82) is 0 Å². The summed E-state index contributed by atoms with van der Waals surface area (Å²) in [5.41, 5.74) is 4.01. The topological polar surface area (TPSA) is 233 Å². The summed E-state index contributed by atoms with van der Waals surface area (Å²) in [6.07, 6.45) is -5.09. The van der Waals surface area contributed by atoms with Crippen molar-refractivity contribution in [3.63, 3.8) is 0 Å². The van der Waals surface area contributed by atoms with Crippen molar-refractivity contribution in [1.82, 2.24) is 0 Å². The van der Waals surface area contributed by atoms with Gasteiger partial charge < -0.3 is 35.4 Å². The predicted molar refractivity (Wildman–Crippen MR) is 244 cm³/mol. The molecule has 16 heteroatoms. The van der Waals surface area contributed by atoms with Gasteiger partial charge in [0.2, 0.25) is 0 Å². The zero-order valence-electron chi connectivity index (χ0n) is 36.2. The highest BCUT2D eigenvalue weighted by molar-refractivity contribution is 6.08. The van der Waals surface area contributed by atoms with Crippen molar-refractivity contribution >= 4 is 46.8 Å². The fourth-order valence-corrected chi connectivity index (χ4v) is 6.93. The lowest BCUT2D eigenvalue weighted by Crippen LogP contribution is -2.19. The standard InChI is InChI=1S/C22H18O2.C11H10O4.C10H12O3.C9H5F3O4/c23-21(24)16-20(17-10-4-1-5-11-17)22(18-12-6-2-7-13-18)19-14-8-3-9-15-19;1-15-9-4-2-3-6-7(11(13)14)5-8(12)10(6)9;11-9(10(12)13)7-6-8-4-2-1-3-5-8;10-9(11,12)4-1-2-5(7(13)14)6(3-4)8(15)16/h1-15H,16H2,(H,23,24);2-4,7H,5H2,1H3,(H,13,14);1-5,9,11H,6-7H2,(H,12,13);1-3H,(H,13,14)(H,15,16)/t;;9-;/m..1./s1. The maximum Gasteiger partial charge on any atom is 0.416 e. The molecule has 13 nitrogen and oxygen atoms in total. The SMILES string of the molecule is COc1cccc2c1C(=O)CC2C(=O)O.O=C(O)CC(=C(c1ccccc1)c1ccccc1)c1ccccc1.O=C(O)[C@H](O)CCc1ccccc1.O=C(O)c1ccc(C(F)(F)F)cc1C(=O)O. The smallest absolute Gasteiger partial charge is 0.416 e. The number of alkyl halides is 3. The Balaban J connectivity index is 0.000000204. The molecular weight excluding hydrogens is 890 g/mol. The first-order valence-corrected chi connectivity index (χ1v) is 20.5. The van der Waals surface area contributed by atoms with E-state index in [-0.39, 0.29) is 25.0 Å². The molecule has 0 fully saturated rings. The Kier molecular flexibility index (Phi) is 19.0. The van der Waals surface area contributed by atoms with Gasteiger partial charge in [0.15, 0.2) is 11.9 Å². The summed E-state index contributed by atoms with van der Waals surface area (Å²) in [6, 6.07) is 45.6. The molecule has 6 aromatic carbocycles. The van der Waals surface area contributed by atoms with Gasteiger partial charge in [-0.3, -0.25) is 14.4 Å². The highest BCUT2D eigenvalue weighted by atomic mass is 19.4. The number of aromatic carboxylic acids is 2. The first-order valence-electron chi connectivity index (χ1n) is 20.5. The van der Waals surface area contributed by atoms with Gasteiger partial charge in [0.1, 0.15) is 5.75 Å². The number of aliphatic carboxylic acids is 3. The molecule has 0 radical (unpaired) electrons. The predicted octanol–water partition coefficient (Wildman–Crippen LogP) is 9.74. The van der Waals surface area contributed by atoms with Gasteiger partial charge in [0.05, 0.1) is 41.7 Å². The first-order chi connectivity index (χ1) is 32.3. The molecule has 0 bridgehead atoms. The number of methoxy groups -OCH3 is 1. The van der Waals surface area contributed by atoms with Crippen molar-refractivity contribution in [2.75, 3.05) is 7.11 Å². The Hall–Kier alpha value is -8.37. The minimum atomic E-state index is -4.71. The molecule has 6 N–H and O–H groups in total. The molecular formula is C52H45F3O13. The number of Topliss-reactive ketones (excluding diaryl/α,β-unsaturated/α-hetero) is 1. The van der Waals surface area contributed by atoms with Crippen molar-refractivity contribution < 1.29 is 77.3 Å². The largest absolute Gasteiger partial charge is 0.496 e. The van der Waals surface area contributed by atoms with E-state index >= 15 is 0 Å². The van der Waals surface area contributed by atoms with Crippen LogP contribution in [0.2, 0.25) is 0 Å². The van der Waals surface area contributed by atoms with E-state index in [4.69, 9.17) is 30.3 Å². The summed E-state index contributed by atoms with van der Waals surface area (Å²) in [4.78, 5) is 65.4. The zero-order valence-corrected chi connectivity index (χ0v) is 36.2. The molecule has 0 saturated heterocycles. The second-order valence-corrected chi connectivity index (χ2v) is 14.7. The maximum atomic E-state index is 12.2. The van der Waals surface area contributed by atoms with E-state index in [1.165, 1.54) is 7.11 Å². The van der Waals surface area contributed by atoms with E-state index in [2.05, 4.69) is 0 Å². The highest BCUT2D eigenvalue weighted by Crippen LogP contribution is 2.38. The van der Waals surface area contributed by atoms with Crippen LogP contribution in [0.25, 0.3) is 11.1 Å². The molecule has 352 valence electrons. The molecule has 2 atom stereocenters. The Morgan fingerprint density at radius 3 is 1.59 bits per heavy atom. The van der Waals surface area contributed by atoms with Gasteiger partial charge in [-0.1, -0.05) is 133 Å². The normalized spacial score (nSPS) is 12.7. The molecule has 0 spiro atoms. The number of hydrogen-bond acceptors (Lipinski definition) is 8. The van der Waals surface area contributed by atoms with E-state index < -0.39 is 64.7 Å². The molecule has 1 aliphatic rings. The van der Waals surface area contributed by atoms with Crippen LogP contribution in [0.4, 0.5) is 13.2 Å². The minimum absolute atomic E-state index is 0.0247. The lowest BCUT2D eigenvalue weighted by molar-refractivity contribution is -0.147. The molecule has 1 unspecified atom stereocenters. The van der Waals surface area contributed by atoms with Gasteiger partial charge in [-0.05, 0) is 76.1 Å². The lowest BCUT2D eigenvalue weighted by atomic mass is 9.88. The molecule has 6 aromatic rings. The van der Waals surface area contributed by atoms with Gasteiger partial charge >= 0.3 is 36.0 Å². The average Bonchev–Trinajstić information content (AvgIpc) is 3.68. The second-order valence-electron chi connectivity index (χ2n) is 14.7. The van der Waals surface area contributed by atoms with Crippen molar-refractivity contribution in [3.8, 4) is 5.75 Å². The number of halogens is 3. The van der Waals surface area contributed by atoms with Crippen LogP contribution in [0.3, 0.4) is 0 Å². The molecule has 0 heterocycles. The monoisotopic (exact) mass is 934 g/mol. The van der Waals surface area contributed by atoms with Crippen LogP contribution < -0.4 is 4.74 Å². The summed E-state index contributed by atoms with van der Waals surface area (Å²) in [7, 11) is 1.47. The van der Waals surface area contributed by atoms with Crippen LogP contribution in [0.1, 0.15) is 89.6 Å². The van der Waals surface area contributed by atoms with Crippen LogP contribution in [0.5, 0.6) is 5.75 Å². The minimum Gasteiger partial charge on any atom is -0.496 e. The van der Waals surface area contributed by atoms with Gasteiger partial charge in [0.25, 0.3) is 0 Å². The molecule has 7 rings (SSSR count). The van der Waals surface area contributed by atoms with E-state index in [1.54, 1.807) is 18.2 Å². The summed E-state index contributed by atoms with van der Waals surface area (Å²) in [6.45, 7) is 0. The molecule has 0 aliphatic heterocycles. The fraction of sp³-hybridized carbons (Fsp3) is 0.154. The zero-order chi connectivity index (χ0) is 50.0. The Labute approximate surface area is 387 Å². The number of hydrogen-bond donors (Lipinski definition) is 6. The number of fused-ring (bicyclic) bond motifs is 1. The fourth-order valence-electron chi connectivity index (χ4n) is 6.93. The van der Waals surface area contributed by atoms with E-state index in [0.717, 1.165) is 33.4 Å². The lowest BCUT2D eigenvalue weighted by Gasteiger charge is -2.16. The number of ether oxygens (including phenoxy) is 1. The number of carbonyl (C=O) groups is 6. The van der Waals surface area contributed by atoms with Crippen LogP contribution in [0, 0.1) is 0 Å². The Morgan fingerprint density at radius 2 is 1.15 bits per heavy atom. The molecule has 68 heavy (non-hydrogen) atoms. The maximum absolute atomic E-state index is 12.2. The first kappa shape index (κ1) is 52.3. The number of aryl methyl sites for hydroxylation is 1. The van der Waals surface area contributed by atoms with Gasteiger partial charge in [-0.2, -0.15) is 13.2 Å². The number of aliphatic hydroxyl groups is 1. The Bertz CT molecular complexity index is 2680. The van der Waals surface area contributed by atoms with Crippen LogP contribution in [-0.2, 0) is 27.0 Å². The molecule has 0 saturated carbocycles. The number of carboxylic acid groups (broad SMARTS) is 5. The van der Waals surface area contributed by atoms with Crippen molar-refractivity contribution in [3.05, 3.63) is 208 Å². The Morgan fingerprint density at radius 1 is 0.647 bits per heavy atom. The summed E-state index contributed by atoms with van der Waals surface area (Å²) >= 11 is 0. The van der Waals surface area contributed by atoms with Gasteiger partial charge in [0, 0.05) is 6.42 Å². The number of ketones is 1. The van der Waals surface area contributed by atoms with Crippen molar-refractivity contribution in [2.45, 2.75) is 43.9 Å². The number of carboxylic acids is 5. The van der Waals surface area contributed by atoms with E-state index in [9.17, 15) is 47.0 Å². The average molecular weight is 935 g/mol. The van der Waals surface area contributed by atoms with Crippen molar-refractivity contribution in [2.24, 2.45) is 0 Å². The number of aliphatic hydroxyl groups excluding tert-OH is 1. The van der Waals surface area contributed by atoms with Crippen LogP contribution >= 0.6 is 0 Å². The van der Waals surface area contributed by atoms with Gasteiger partial charge in [-0.25, -0.2) is 14.4 Å². The summed E-state index contributed by atoms with van der Waals surface area (Å²) < 4.78 is 41.7. The number of rotatable bonds is 13. The highest BCUT2D eigenvalue weighted by Gasteiger charge is 2.36. The molecule has 0 aromatic heterocycles. The third kappa shape index (κ3) is 14.8. The van der Waals surface area contributed by atoms with Gasteiger partial charge in [-0.15, -0.1) is 0 Å². The number of benzene rings is 6.